The second kappa shape index (κ2) is 6.79. The average molecular weight is 172 g/mol. The van der Waals surface area contributed by atoms with Crippen molar-refractivity contribution in [1.29, 1.82) is 0 Å². The third kappa shape index (κ3) is 3.48. The predicted octanol–water partition coefficient (Wildman–Crippen LogP) is 1.80. The molecule has 12 heavy (non-hydrogen) atoms. The van der Waals surface area contributed by atoms with Gasteiger partial charge in [-0.05, 0) is 0 Å². The van der Waals surface area contributed by atoms with E-state index in [1.165, 1.54) is 0 Å². The average Bonchev–Trinajstić information content (AvgIpc) is 2.57. The lowest BCUT2D eigenvalue weighted by Crippen LogP contribution is -1.89. The van der Waals surface area contributed by atoms with Crippen molar-refractivity contribution in [3.8, 4) is 0 Å². The fourth-order valence-electron chi connectivity index (χ4n) is 0.621. The highest BCUT2D eigenvalue weighted by atomic mass is 16.5. The van der Waals surface area contributed by atoms with Gasteiger partial charge in [0.2, 0.25) is 5.89 Å². The minimum Gasteiger partial charge on any atom is -0.377 e. The Bertz CT molecular complexity index is 199. The van der Waals surface area contributed by atoms with Crippen molar-refractivity contribution in [1.82, 2.24) is 10.1 Å². The summed E-state index contributed by atoms with van der Waals surface area (Å²) in [5, 5.41) is 3.67. The van der Waals surface area contributed by atoms with Crippen LogP contribution < -0.4 is 0 Å². The number of aryl methyl sites for hydroxylation is 1. The van der Waals surface area contributed by atoms with Crippen molar-refractivity contribution >= 4 is 0 Å². The first-order chi connectivity index (χ1) is 5.86. The maximum atomic E-state index is 4.83. The van der Waals surface area contributed by atoms with Crippen LogP contribution in [0.4, 0.5) is 0 Å². The zero-order valence-electron chi connectivity index (χ0n) is 8.13. The Balaban J connectivity index is 0.000000561. The summed E-state index contributed by atoms with van der Waals surface area (Å²) in [7, 11) is 1.60. The number of methoxy groups -OCH3 is 1. The number of aromatic nitrogens is 2. The van der Waals surface area contributed by atoms with Gasteiger partial charge in [0.25, 0.3) is 0 Å². The second-order valence-corrected chi connectivity index (χ2v) is 1.89. The molecule has 1 heterocycles. The Labute approximate surface area is 72.9 Å². The maximum absolute atomic E-state index is 4.83. The standard InChI is InChI=1S/C6H10N2O2.C2H6/c1-3-6-7-5(4-9-2)8-10-6;1-2/h3-4H2,1-2H3;1-2H3. The molecule has 0 saturated carbocycles. The molecule has 0 fully saturated rings. The van der Waals surface area contributed by atoms with Crippen molar-refractivity contribution in [2.45, 2.75) is 33.8 Å². The number of hydrogen-bond donors (Lipinski definition) is 0. The molecular formula is C8H16N2O2. The molecule has 4 heteroatoms. The Morgan fingerprint density at radius 1 is 1.42 bits per heavy atom. The molecule has 0 N–H and O–H groups in total. The maximum Gasteiger partial charge on any atom is 0.226 e. The Hall–Kier alpha value is -0.900. The van der Waals surface area contributed by atoms with Crippen LogP contribution in [-0.2, 0) is 17.8 Å². The van der Waals surface area contributed by atoms with Crippen molar-refractivity contribution in [3.63, 3.8) is 0 Å². The third-order valence-corrected chi connectivity index (χ3v) is 1.09. The van der Waals surface area contributed by atoms with Crippen LogP contribution in [0.2, 0.25) is 0 Å². The summed E-state index contributed by atoms with van der Waals surface area (Å²) in [4.78, 5) is 4.02. The molecule has 0 aliphatic heterocycles. The first-order valence-corrected chi connectivity index (χ1v) is 4.17. The zero-order valence-corrected chi connectivity index (χ0v) is 8.13. The molecule has 70 valence electrons. The monoisotopic (exact) mass is 172 g/mol. The second-order valence-electron chi connectivity index (χ2n) is 1.89. The summed E-state index contributed by atoms with van der Waals surface area (Å²) < 4.78 is 9.63. The van der Waals surface area contributed by atoms with Gasteiger partial charge in [-0.1, -0.05) is 25.9 Å². The minimum atomic E-state index is 0.420. The summed E-state index contributed by atoms with van der Waals surface area (Å²) in [5.74, 6) is 1.27. The van der Waals surface area contributed by atoms with Gasteiger partial charge in [-0.25, -0.2) is 0 Å². The minimum absolute atomic E-state index is 0.420. The van der Waals surface area contributed by atoms with E-state index in [0.717, 1.165) is 6.42 Å². The van der Waals surface area contributed by atoms with Crippen LogP contribution in [0.3, 0.4) is 0 Å². The molecule has 0 unspecified atom stereocenters. The Kier molecular flexibility index (Phi) is 6.28. The van der Waals surface area contributed by atoms with E-state index in [4.69, 9.17) is 9.26 Å². The highest BCUT2D eigenvalue weighted by Gasteiger charge is 2.01. The number of ether oxygens (including phenoxy) is 1. The molecule has 0 saturated heterocycles. The van der Waals surface area contributed by atoms with E-state index in [-0.39, 0.29) is 0 Å². The smallest absolute Gasteiger partial charge is 0.226 e. The summed E-state index contributed by atoms with van der Waals surface area (Å²) in [5.41, 5.74) is 0. The summed E-state index contributed by atoms with van der Waals surface area (Å²) in [6, 6.07) is 0. The van der Waals surface area contributed by atoms with Crippen LogP contribution in [0, 0.1) is 0 Å². The van der Waals surface area contributed by atoms with Crippen LogP contribution in [0.1, 0.15) is 32.5 Å². The highest BCUT2D eigenvalue weighted by Crippen LogP contribution is 1.97. The molecule has 1 rings (SSSR count). The Morgan fingerprint density at radius 2 is 2.08 bits per heavy atom. The quantitative estimate of drug-likeness (QED) is 0.697. The fraction of sp³-hybridized carbons (Fsp3) is 0.750. The zero-order chi connectivity index (χ0) is 9.40. The highest BCUT2D eigenvalue weighted by molar-refractivity contribution is 4.82. The fourth-order valence-corrected chi connectivity index (χ4v) is 0.621. The SMILES string of the molecule is CC.CCc1nc(COC)no1. The molecule has 0 spiro atoms. The lowest BCUT2D eigenvalue weighted by atomic mass is 10.5. The topological polar surface area (TPSA) is 48.2 Å². The molecule has 4 nitrogen and oxygen atoms in total. The van der Waals surface area contributed by atoms with Crippen LogP contribution >= 0.6 is 0 Å². The molecule has 0 amide bonds. The normalized spacial score (nSPS) is 9.00. The van der Waals surface area contributed by atoms with Gasteiger partial charge in [0.1, 0.15) is 6.61 Å². The van der Waals surface area contributed by atoms with E-state index >= 15 is 0 Å². The lowest BCUT2D eigenvalue weighted by Gasteiger charge is -1.85. The molecule has 0 bridgehead atoms. The molecule has 0 aliphatic carbocycles. The van der Waals surface area contributed by atoms with Crippen LogP contribution in [0.5, 0.6) is 0 Å². The van der Waals surface area contributed by atoms with Gasteiger partial charge >= 0.3 is 0 Å². The molecular weight excluding hydrogens is 156 g/mol. The molecule has 0 aliphatic rings. The molecule has 1 aromatic heterocycles. The molecule has 0 aromatic carbocycles. The molecule has 0 radical (unpaired) electrons. The van der Waals surface area contributed by atoms with Gasteiger partial charge in [0.05, 0.1) is 0 Å². The van der Waals surface area contributed by atoms with Crippen molar-refractivity contribution in [2.75, 3.05) is 7.11 Å². The van der Waals surface area contributed by atoms with E-state index in [9.17, 15) is 0 Å². The number of rotatable bonds is 3. The largest absolute Gasteiger partial charge is 0.377 e. The van der Waals surface area contributed by atoms with Gasteiger partial charge in [-0.3, -0.25) is 0 Å². The lowest BCUT2D eigenvalue weighted by molar-refractivity contribution is 0.174. The van der Waals surface area contributed by atoms with Crippen molar-refractivity contribution < 1.29 is 9.26 Å². The summed E-state index contributed by atoms with van der Waals surface area (Å²) >= 11 is 0. The number of nitrogens with zero attached hydrogens (tertiary/aromatic N) is 2. The first kappa shape index (κ1) is 11.1. The van der Waals surface area contributed by atoms with Gasteiger partial charge in [0.15, 0.2) is 5.82 Å². The van der Waals surface area contributed by atoms with E-state index in [1.54, 1.807) is 7.11 Å². The van der Waals surface area contributed by atoms with E-state index in [0.29, 0.717) is 18.3 Å². The molecule has 1 aromatic rings. The van der Waals surface area contributed by atoms with E-state index in [1.807, 2.05) is 20.8 Å². The van der Waals surface area contributed by atoms with Gasteiger partial charge < -0.3 is 9.26 Å². The van der Waals surface area contributed by atoms with Crippen LogP contribution in [-0.4, -0.2) is 17.3 Å². The van der Waals surface area contributed by atoms with Gasteiger partial charge in [-0.15, -0.1) is 0 Å². The first-order valence-electron chi connectivity index (χ1n) is 4.17. The summed E-state index contributed by atoms with van der Waals surface area (Å²) in [6.45, 7) is 6.38. The van der Waals surface area contributed by atoms with E-state index in [2.05, 4.69) is 10.1 Å². The summed E-state index contributed by atoms with van der Waals surface area (Å²) in [6.07, 6.45) is 0.775. The van der Waals surface area contributed by atoms with Crippen molar-refractivity contribution in [2.24, 2.45) is 0 Å². The van der Waals surface area contributed by atoms with Gasteiger partial charge in [0, 0.05) is 13.5 Å². The number of hydrogen-bond acceptors (Lipinski definition) is 4. The predicted molar refractivity (Wildman–Crippen MR) is 45.7 cm³/mol. The molecule has 0 atom stereocenters. The Morgan fingerprint density at radius 3 is 2.50 bits per heavy atom. The van der Waals surface area contributed by atoms with Crippen molar-refractivity contribution in [3.05, 3.63) is 11.7 Å². The van der Waals surface area contributed by atoms with Crippen LogP contribution in [0.25, 0.3) is 0 Å². The van der Waals surface area contributed by atoms with Crippen LogP contribution in [0.15, 0.2) is 4.52 Å². The third-order valence-electron chi connectivity index (χ3n) is 1.09. The van der Waals surface area contributed by atoms with E-state index < -0.39 is 0 Å². The van der Waals surface area contributed by atoms with Gasteiger partial charge in [-0.2, -0.15) is 4.98 Å².